The summed E-state index contributed by atoms with van der Waals surface area (Å²) < 4.78 is 32.5. The van der Waals surface area contributed by atoms with Gasteiger partial charge in [0.25, 0.3) is 0 Å². The third-order valence-corrected chi connectivity index (χ3v) is 7.18. The average molecular weight is 432 g/mol. The summed E-state index contributed by atoms with van der Waals surface area (Å²) in [7, 11) is -3.55. The summed E-state index contributed by atoms with van der Waals surface area (Å²) in [5.74, 6) is -0.657. The number of benzene rings is 2. The lowest BCUT2D eigenvalue weighted by Gasteiger charge is -2.29. The number of aryl methyl sites for hydroxylation is 1. The van der Waals surface area contributed by atoms with Crippen LogP contribution in [-0.4, -0.2) is 49.6 Å². The highest BCUT2D eigenvalue weighted by molar-refractivity contribution is 7.92. The summed E-state index contributed by atoms with van der Waals surface area (Å²) in [4.78, 5) is 11.0. The van der Waals surface area contributed by atoms with Gasteiger partial charge < -0.3 is 14.9 Å². The van der Waals surface area contributed by atoms with E-state index in [4.69, 9.17) is 9.84 Å². The molecule has 4 unspecified atom stereocenters. The van der Waals surface area contributed by atoms with Crippen LogP contribution in [-0.2, 0) is 21.2 Å². The zero-order valence-electron chi connectivity index (χ0n) is 16.6. The molecule has 0 aromatic heterocycles. The molecule has 0 spiro atoms. The number of ether oxygens (including phenoxy) is 1. The summed E-state index contributed by atoms with van der Waals surface area (Å²) in [6, 6.07) is 14.5. The number of aliphatic hydroxyl groups is 1. The fourth-order valence-corrected chi connectivity index (χ4v) is 5.63. The maximum absolute atomic E-state index is 12.5. The third kappa shape index (κ3) is 3.89. The van der Waals surface area contributed by atoms with Crippen LogP contribution in [0.15, 0.2) is 48.5 Å². The first-order valence-corrected chi connectivity index (χ1v) is 11.8. The van der Waals surface area contributed by atoms with Gasteiger partial charge in [-0.05, 0) is 24.1 Å². The minimum Gasteiger partial charge on any atom is -0.489 e. The first-order valence-electron chi connectivity index (χ1n) is 9.96. The SMILES string of the molecule is CS(=O)(=O)N(CC1C(O)CC2Oc3c(CCC(=O)O)cccc3C21)c1ccccc1. The van der Waals surface area contributed by atoms with E-state index in [9.17, 15) is 18.3 Å². The first kappa shape index (κ1) is 20.7. The normalized spacial score (nSPS) is 24.7. The number of carboxylic acids is 1. The minimum absolute atomic E-state index is 0.0110. The fourth-order valence-electron chi connectivity index (χ4n) is 4.68. The molecule has 1 heterocycles. The Bertz CT molecular complexity index is 1040. The average Bonchev–Trinajstić information content (AvgIpc) is 3.19. The van der Waals surface area contributed by atoms with E-state index >= 15 is 0 Å². The van der Waals surface area contributed by atoms with E-state index in [0.29, 0.717) is 24.3 Å². The van der Waals surface area contributed by atoms with Crippen LogP contribution in [0.1, 0.15) is 29.9 Å². The maximum Gasteiger partial charge on any atom is 0.303 e. The van der Waals surface area contributed by atoms with Crippen molar-refractivity contribution in [1.82, 2.24) is 0 Å². The van der Waals surface area contributed by atoms with Crippen molar-refractivity contribution in [1.29, 1.82) is 0 Å². The van der Waals surface area contributed by atoms with E-state index in [-0.39, 0.29) is 30.9 Å². The highest BCUT2D eigenvalue weighted by atomic mass is 32.2. The zero-order chi connectivity index (χ0) is 21.5. The Labute approximate surface area is 176 Å². The van der Waals surface area contributed by atoms with Gasteiger partial charge in [0.2, 0.25) is 10.0 Å². The van der Waals surface area contributed by atoms with Crippen LogP contribution in [0.25, 0.3) is 0 Å². The predicted octanol–water partition coefficient (Wildman–Crippen LogP) is 2.40. The molecular weight excluding hydrogens is 406 g/mol. The Kier molecular flexibility index (Phi) is 5.46. The van der Waals surface area contributed by atoms with E-state index in [0.717, 1.165) is 11.1 Å². The number of anilines is 1. The molecule has 8 heteroatoms. The van der Waals surface area contributed by atoms with E-state index < -0.39 is 22.1 Å². The number of aliphatic carboxylic acids is 1. The molecule has 1 aliphatic carbocycles. The summed E-state index contributed by atoms with van der Waals surface area (Å²) >= 11 is 0. The Balaban J connectivity index is 1.65. The number of fused-ring (bicyclic) bond motifs is 3. The quantitative estimate of drug-likeness (QED) is 0.698. The van der Waals surface area contributed by atoms with Gasteiger partial charge in [0.15, 0.2) is 0 Å². The smallest absolute Gasteiger partial charge is 0.303 e. The fraction of sp³-hybridized carbons (Fsp3) is 0.409. The highest BCUT2D eigenvalue weighted by Crippen LogP contribution is 2.52. The lowest BCUT2D eigenvalue weighted by atomic mass is 9.86. The van der Waals surface area contributed by atoms with E-state index in [2.05, 4.69) is 0 Å². The number of nitrogens with zero attached hydrogens (tertiary/aromatic N) is 1. The second-order valence-electron chi connectivity index (χ2n) is 8.01. The summed E-state index contributed by atoms with van der Waals surface area (Å²) in [5, 5.41) is 19.8. The third-order valence-electron chi connectivity index (χ3n) is 6.01. The van der Waals surface area contributed by atoms with Gasteiger partial charge >= 0.3 is 5.97 Å². The van der Waals surface area contributed by atoms with Crippen LogP contribution in [0.5, 0.6) is 5.75 Å². The van der Waals surface area contributed by atoms with E-state index in [1.54, 1.807) is 24.3 Å². The van der Waals surface area contributed by atoms with Crippen molar-refractivity contribution < 1.29 is 28.2 Å². The summed E-state index contributed by atoms with van der Waals surface area (Å²) in [6.07, 6.45) is 1.02. The van der Waals surface area contributed by atoms with Crippen molar-refractivity contribution in [2.24, 2.45) is 5.92 Å². The molecule has 0 saturated heterocycles. The number of rotatable bonds is 7. The van der Waals surface area contributed by atoms with Gasteiger partial charge in [0.05, 0.1) is 18.0 Å². The lowest BCUT2D eigenvalue weighted by molar-refractivity contribution is -0.136. The Hall–Kier alpha value is -2.58. The molecule has 160 valence electrons. The largest absolute Gasteiger partial charge is 0.489 e. The molecule has 7 nitrogen and oxygen atoms in total. The van der Waals surface area contributed by atoms with Crippen LogP contribution < -0.4 is 9.04 Å². The van der Waals surface area contributed by atoms with Crippen molar-refractivity contribution >= 4 is 21.7 Å². The van der Waals surface area contributed by atoms with Gasteiger partial charge in [-0.15, -0.1) is 0 Å². The number of para-hydroxylation sites is 2. The van der Waals surface area contributed by atoms with Gasteiger partial charge in [0.1, 0.15) is 11.9 Å². The minimum atomic E-state index is -3.55. The van der Waals surface area contributed by atoms with Crippen LogP contribution in [0.2, 0.25) is 0 Å². The number of carbonyl (C=O) groups is 1. The Morgan fingerprint density at radius 3 is 2.57 bits per heavy atom. The second-order valence-corrected chi connectivity index (χ2v) is 9.91. The van der Waals surface area contributed by atoms with Gasteiger partial charge in [-0.1, -0.05) is 36.4 Å². The van der Waals surface area contributed by atoms with Crippen molar-refractivity contribution in [3.8, 4) is 5.75 Å². The maximum atomic E-state index is 12.5. The summed E-state index contributed by atoms with van der Waals surface area (Å²) in [5.41, 5.74) is 2.32. The number of aliphatic hydroxyl groups excluding tert-OH is 1. The molecule has 2 aromatic carbocycles. The molecule has 4 atom stereocenters. The molecular formula is C22H25NO6S. The Morgan fingerprint density at radius 2 is 1.90 bits per heavy atom. The van der Waals surface area contributed by atoms with Crippen LogP contribution in [0.4, 0.5) is 5.69 Å². The van der Waals surface area contributed by atoms with Gasteiger partial charge in [-0.25, -0.2) is 8.42 Å². The number of hydrogen-bond acceptors (Lipinski definition) is 5. The van der Waals surface area contributed by atoms with Gasteiger partial charge in [-0.2, -0.15) is 0 Å². The zero-order valence-corrected chi connectivity index (χ0v) is 17.5. The van der Waals surface area contributed by atoms with Crippen molar-refractivity contribution in [3.63, 3.8) is 0 Å². The topological polar surface area (TPSA) is 104 Å². The molecule has 4 rings (SSSR count). The van der Waals surface area contributed by atoms with E-state index in [1.807, 2.05) is 24.3 Å². The molecule has 1 saturated carbocycles. The molecule has 30 heavy (non-hydrogen) atoms. The number of sulfonamides is 1. The predicted molar refractivity (Wildman–Crippen MR) is 112 cm³/mol. The Morgan fingerprint density at radius 1 is 1.17 bits per heavy atom. The molecule has 0 bridgehead atoms. The first-order chi connectivity index (χ1) is 14.3. The van der Waals surface area contributed by atoms with Crippen molar-refractivity contribution in [2.45, 2.75) is 37.4 Å². The standard InChI is InChI=1S/C22H25NO6S/c1-30(27,28)23(15-7-3-2-4-8-15)13-17-18(24)12-19-21(17)16-9-5-6-14(22(16)29-19)10-11-20(25)26/h2-9,17-19,21,24H,10-13H2,1H3,(H,25,26). The lowest BCUT2D eigenvalue weighted by Crippen LogP contribution is -2.38. The van der Waals surface area contributed by atoms with Gasteiger partial charge in [0, 0.05) is 36.8 Å². The second kappa shape index (κ2) is 7.92. The van der Waals surface area contributed by atoms with Crippen LogP contribution >= 0.6 is 0 Å². The molecule has 2 N–H and O–H groups in total. The number of hydrogen-bond donors (Lipinski definition) is 2. The van der Waals surface area contributed by atoms with Crippen LogP contribution in [0.3, 0.4) is 0 Å². The van der Waals surface area contributed by atoms with Crippen LogP contribution in [0, 0.1) is 5.92 Å². The molecule has 1 aliphatic heterocycles. The molecule has 2 aliphatic rings. The molecule has 0 amide bonds. The van der Waals surface area contributed by atoms with Gasteiger partial charge in [-0.3, -0.25) is 9.10 Å². The molecule has 1 fully saturated rings. The van der Waals surface area contributed by atoms with Crippen molar-refractivity contribution in [2.75, 3.05) is 17.1 Å². The molecule has 0 radical (unpaired) electrons. The summed E-state index contributed by atoms with van der Waals surface area (Å²) in [6.45, 7) is 0.146. The highest BCUT2D eigenvalue weighted by Gasteiger charge is 2.50. The van der Waals surface area contributed by atoms with Crippen molar-refractivity contribution in [3.05, 3.63) is 59.7 Å². The molecule has 2 aromatic rings. The number of carboxylic acid groups (broad SMARTS) is 1. The van der Waals surface area contributed by atoms with E-state index in [1.165, 1.54) is 10.6 Å². The monoisotopic (exact) mass is 431 g/mol.